The van der Waals surface area contributed by atoms with E-state index < -0.39 is 10.0 Å². The first kappa shape index (κ1) is 14.6. The van der Waals surface area contributed by atoms with Crippen molar-refractivity contribution in [3.05, 3.63) is 59.7 Å². The van der Waals surface area contributed by atoms with E-state index >= 15 is 0 Å². The molecule has 0 radical (unpaired) electrons. The van der Waals surface area contributed by atoms with Crippen LogP contribution in [0.4, 0.5) is 5.69 Å². The van der Waals surface area contributed by atoms with Gasteiger partial charge >= 0.3 is 0 Å². The Labute approximate surface area is 119 Å². The van der Waals surface area contributed by atoms with Crippen LogP contribution >= 0.6 is 0 Å². The van der Waals surface area contributed by atoms with Gasteiger partial charge in [0.1, 0.15) is 0 Å². The summed E-state index contributed by atoms with van der Waals surface area (Å²) in [6.07, 6.45) is 0. The van der Waals surface area contributed by atoms with E-state index in [0.717, 1.165) is 5.56 Å². The average Bonchev–Trinajstić information content (AvgIpc) is 2.42. The lowest BCUT2D eigenvalue weighted by atomic mass is 10.1. The van der Waals surface area contributed by atoms with Crippen LogP contribution in [0.2, 0.25) is 0 Å². The third-order valence-electron chi connectivity index (χ3n) is 3.13. The molecular formula is C15H18N2O2S. The molecule has 2 aromatic carbocycles. The first-order valence-electron chi connectivity index (χ1n) is 6.33. The summed E-state index contributed by atoms with van der Waals surface area (Å²) in [4.78, 5) is 0.222. The molecule has 2 rings (SSSR count). The molecule has 20 heavy (non-hydrogen) atoms. The van der Waals surface area contributed by atoms with Gasteiger partial charge in [0.05, 0.1) is 4.90 Å². The van der Waals surface area contributed by atoms with Gasteiger partial charge in [0.15, 0.2) is 0 Å². The number of nitrogen functional groups attached to an aromatic ring is 1. The lowest BCUT2D eigenvalue weighted by Gasteiger charge is -2.16. The molecule has 2 aromatic rings. The van der Waals surface area contributed by atoms with Crippen molar-refractivity contribution in [3.63, 3.8) is 0 Å². The third kappa shape index (κ3) is 3.18. The molecule has 3 N–H and O–H groups in total. The SMILES string of the molecule is Cc1ccc(N)cc1S(=O)(=O)N[C@H](C)c1ccccc1. The highest BCUT2D eigenvalue weighted by Gasteiger charge is 2.20. The van der Waals surface area contributed by atoms with E-state index in [1.54, 1.807) is 19.1 Å². The van der Waals surface area contributed by atoms with Crippen LogP contribution in [0.15, 0.2) is 53.4 Å². The summed E-state index contributed by atoms with van der Waals surface area (Å²) in [5.41, 5.74) is 7.70. The molecule has 4 nitrogen and oxygen atoms in total. The van der Waals surface area contributed by atoms with Crippen LogP contribution in [-0.2, 0) is 10.0 Å². The Bertz CT molecular complexity index is 697. The van der Waals surface area contributed by atoms with Crippen LogP contribution in [0.5, 0.6) is 0 Å². The molecule has 0 bridgehead atoms. The van der Waals surface area contributed by atoms with Gasteiger partial charge < -0.3 is 5.73 Å². The molecule has 0 aliphatic heterocycles. The van der Waals surface area contributed by atoms with E-state index in [9.17, 15) is 8.42 Å². The molecule has 0 amide bonds. The summed E-state index contributed by atoms with van der Waals surface area (Å²) in [5.74, 6) is 0. The first-order valence-corrected chi connectivity index (χ1v) is 7.82. The van der Waals surface area contributed by atoms with Gasteiger partial charge in [0, 0.05) is 11.7 Å². The standard InChI is InChI=1S/C15H18N2O2S/c1-11-8-9-14(16)10-15(11)20(18,19)17-12(2)13-6-4-3-5-7-13/h3-10,12,17H,16H2,1-2H3/t12-/m1/s1. The summed E-state index contributed by atoms with van der Waals surface area (Å²) in [5, 5.41) is 0. The molecule has 106 valence electrons. The topological polar surface area (TPSA) is 72.2 Å². The fourth-order valence-electron chi connectivity index (χ4n) is 2.01. The Morgan fingerprint density at radius 3 is 2.40 bits per heavy atom. The van der Waals surface area contributed by atoms with Gasteiger partial charge in [-0.2, -0.15) is 0 Å². The van der Waals surface area contributed by atoms with Gasteiger partial charge in [0.25, 0.3) is 0 Å². The van der Waals surface area contributed by atoms with E-state index in [2.05, 4.69) is 4.72 Å². The summed E-state index contributed by atoms with van der Waals surface area (Å²) >= 11 is 0. The van der Waals surface area contributed by atoms with Crippen LogP contribution in [0.1, 0.15) is 24.1 Å². The molecule has 5 heteroatoms. The van der Waals surface area contributed by atoms with Crippen LogP contribution in [0.25, 0.3) is 0 Å². The minimum atomic E-state index is -3.59. The summed E-state index contributed by atoms with van der Waals surface area (Å²) in [6, 6.07) is 14.0. The van der Waals surface area contributed by atoms with Crippen LogP contribution < -0.4 is 10.5 Å². The molecule has 0 unspecified atom stereocenters. The minimum absolute atomic E-state index is 0.222. The van der Waals surface area contributed by atoms with Crippen molar-refractivity contribution in [3.8, 4) is 0 Å². The Morgan fingerprint density at radius 1 is 1.10 bits per heavy atom. The number of anilines is 1. The predicted octanol–water partition coefficient (Wildman–Crippen LogP) is 2.62. The summed E-state index contributed by atoms with van der Waals surface area (Å²) in [7, 11) is -3.59. The number of sulfonamides is 1. The maximum Gasteiger partial charge on any atom is 0.241 e. The zero-order valence-corrected chi connectivity index (χ0v) is 12.3. The van der Waals surface area contributed by atoms with E-state index in [1.165, 1.54) is 6.07 Å². The maximum atomic E-state index is 12.4. The van der Waals surface area contributed by atoms with Crippen LogP contribution in [-0.4, -0.2) is 8.42 Å². The maximum absolute atomic E-state index is 12.4. The van der Waals surface area contributed by atoms with Crippen LogP contribution in [0, 0.1) is 6.92 Å². The lowest BCUT2D eigenvalue weighted by molar-refractivity contribution is 0.566. The monoisotopic (exact) mass is 290 g/mol. The fourth-order valence-corrected chi connectivity index (χ4v) is 3.52. The quantitative estimate of drug-likeness (QED) is 0.850. The number of hydrogen-bond donors (Lipinski definition) is 2. The molecule has 0 fully saturated rings. The zero-order chi connectivity index (χ0) is 14.8. The van der Waals surface area contributed by atoms with E-state index in [1.807, 2.05) is 37.3 Å². The highest BCUT2D eigenvalue weighted by Crippen LogP contribution is 2.21. The zero-order valence-electron chi connectivity index (χ0n) is 11.5. The number of aryl methyl sites for hydroxylation is 1. The van der Waals surface area contributed by atoms with Crippen molar-refractivity contribution in [1.82, 2.24) is 4.72 Å². The van der Waals surface area contributed by atoms with E-state index in [0.29, 0.717) is 11.3 Å². The second-order valence-corrected chi connectivity index (χ2v) is 6.46. The first-order chi connectivity index (χ1) is 9.40. The largest absolute Gasteiger partial charge is 0.399 e. The lowest BCUT2D eigenvalue weighted by Crippen LogP contribution is -2.27. The third-order valence-corrected chi connectivity index (χ3v) is 4.82. The smallest absolute Gasteiger partial charge is 0.241 e. The molecule has 0 aliphatic rings. The molecule has 0 aromatic heterocycles. The predicted molar refractivity (Wildman–Crippen MR) is 80.8 cm³/mol. The Morgan fingerprint density at radius 2 is 1.75 bits per heavy atom. The second-order valence-electron chi connectivity index (χ2n) is 4.78. The molecular weight excluding hydrogens is 272 g/mol. The summed E-state index contributed by atoms with van der Waals surface area (Å²) in [6.45, 7) is 3.57. The molecule has 0 heterocycles. The Balaban J connectivity index is 2.30. The van der Waals surface area contributed by atoms with Crippen molar-refractivity contribution in [2.75, 3.05) is 5.73 Å². The van der Waals surface area contributed by atoms with Gasteiger partial charge in [-0.3, -0.25) is 0 Å². The highest BCUT2D eigenvalue weighted by molar-refractivity contribution is 7.89. The number of nitrogens with two attached hydrogens (primary N) is 1. The number of hydrogen-bond acceptors (Lipinski definition) is 3. The second kappa shape index (κ2) is 5.64. The normalized spacial score (nSPS) is 13.1. The fraction of sp³-hybridized carbons (Fsp3) is 0.200. The molecule has 0 saturated heterocycles. The molecule has 0 spiro atoms. The van der Waals surface area contributed by atoms with Crippen molar-refractivity contribution in [2.45, 2.75) is 24.8 Å². The van der Waals surface area contributed by atoms with Gasteiger partial charge in [-0.1, -0.05) is 36.4 Å². The molecule has 1 atom stereocenters. The summed E-state index contributed by atoms with van der Waals surface area (Å²) < 4.78 is 27.5. The van der Waals surface area contributed by atoms with Crippen molar-refractivity contribution < 1.29 is 8.42 Å². The van der Waals surface area contributed by atoms with Gasteiger partial charge in [-0.25, -0.2) is 13.1 Å². The molecule has 0 aliphatic carbocycles. The Kier molecular flexibility index (Phi) is 4.11. The highest BCUT2D eigenvalue weighted by atomic mass is 32.2. The van der Waals surface area contributed by atoms with Crippen LogP contribution in [0.3, 0.4) is 0 Å². The van der Waals surface area contributed by atoms with E-state index in [4.69, 9.17) is 5.73 Å². The van der Waals surface area contributed by atoms with Crippen molar-refractivity contribution >= 4 is 15.7 Å². The van der Waals surface area contributed by atoms with Gasteiger partial charge in [-0.05, 0) is 37.1 Å². The number of nitrogens with one attached hydrogen (secondary N) is 1. The van der Waals surface area contributed by atoms with Crippen molar-refractivity contribution in [1.29, 1.82) is 0 Å². The van der Waals surface area contributed by atoms with Crippen molar-refractivity contribution in [2.24, 2.45) is 0 Å². The van der Waals surface area contributed by atoms with Gasteiger partial charge in [0.2, 0.25) is 10.0 Å². The average molecular weight is 290 g/mol. The molecule has 0 saturated carbocycles. The minimum Gasteiger partial charge on any atom is -0.399 e. The Hall–Kier alpha value is -1.85. The number of benzene rings is 2. The number of rotatable bonds is 4. The van der Waals surface area contributed by atoms with E-state index in [-0.39, 0.29) is 10.9 Å². The van der Waals surface area contributed by atoms with Gasteiger partial charge in [-0.15, -0.1) is 0 Å².